The van der Waals surface area contributed by atoms with E-state index in [1.807, 2.05) is 0 Å². The second-order valence-electron chi connectivity index (χ2n) is 4.13. The number of piperidine rings is 1. The molecule has 0 saturated carbocycles. The molecule has 0 radical (unpaired) electrons. The Bertz CT molecular complexity index is 134. The van der Waals surface area contributed by atoms with Gasteiger partial charge in [-0.2, -0.15) is 0 Å². The largest absolute Gasteiger partial charge is 0.305 e. The molecule has 3 atom stereocenters. The van der Waals surface area contributed by atoms with Crippen LogP contribution in [0.25, 0.3) is 0 Å². The summed E-state index contributed by atoms with van der Waals surface area (Å²) in [7, 11) is 2.06. The van der Waals surface area contributed by atoms with Gasteiger partial charge >= 0.3 is 0 Å². The van der Waals surface area contributed by atoms with Crippen LogP contribution < -0.4 is 10.6 Å². The topological polar surface area (TPSA) is 24.1 Å². The Kier molecular flexibility index (Phi) is 4.74. The normalized spacial score (nSPS) is 34.8. The van der Waals surface area contributed by atoms with Gasteiger partial charge in [0.1, 0.15) is 0 Å². The zero-order valence-electron chi connectivity index (χ0n) is 9.27. The predicted octanol–water partition coefficient (Wildman–Crippen LogP) is 1.97. The van der Waals surface area contributed by atoms with Gasteiger partial charge in [-0.1, -0.05) is 33.1 Å². The molecule has 0 aliphatic carbocycles. The highest BCUT2D eigenvalue weighted by Gasteiger charge is 2.29. The van der Waals surface area contributed by atoms with Crippen molar-refractivity contribution in [1.29, 1.82) is 0 Å². The molecule has 78 valence electrons. The Hall–Kier alpha value is -0.0800. The number of hydrogen-bond donors (Lipinski definition) is 2. The van der Waals surface area contributed by atoms with Crippen LogP contribution >= 0.6 is 0 Å². The summed E-state index contributed by atoms with van der Waals surface area (Å²) in [6.45, 7) is 5.79. The maximum atomic E-state index is 3.55. The Morgan fingerprint density at radius 2 is 2.15 bits per heavy atom. The summed E-state index contributed by atoms with van der Waals surface area (Å²) in [4.78, 5) is 0. The van der Waals surface area contributed by atoms with Crippen LogP contribution in [0, 0.1) is 11.8 Å². The molecule has 1 aliphatic heterocycles. The van der Waals surface area contributed by atoms with Gasteiger partial charge in [0.2, 0.25) is 0 Å². The Morgan fingerprint density at radius 1 is 1.38 bits per heavy atom. The Labute approximate surface area is 82.5 Å². The maximum Gasteiger partial charge on any atom is 0.0600 e. The molecule has 1 rings (SSSR count). The van der Waals surface area contributed by atoms with Gasteiger partial charge in [-0.05, 0) is 31.8 Å². The average Bonchev–Trinajstić information content (AvgIpc) is 2.18. The molecule has 1 fully saturated rings. The summed E-state index contributed by atoms with van der Waals surface area (Å²) >= 11 is 0. The SMILES string of the molecule is CCCC1CCNC(NC)C1CC. The summed E-state index contributed by atoms with van der Waals surface area (Å²) < 4.78 is 0. The van der Waals surface area contributed by atoms with E-state index < -0.39 is 0 Å². The van der Waals surface area contributed by atoms with Gasteiger partial charge in [0.05, 0.1) is 6.17 Å². The second kappa shape index (κ2) is 5.61. The van der Waals surface area contributed by atoms with Crippen molar-refractivity contribution < 1.29 is 0 Å². The van der Waals surface area contributed by atoms with Crippen molar-refractivity contribution in [1.82, 2.24) is 10.6 Å². The summed E-state index contributed by atoms with van der Waals surface area (Å²) in [5, 5.41) is 6.93. The Balaban J connectivity index is 2.50. The molecule has 0 aromatic heterocycles. The van der Waals surface area contributed by atoms with Crippen molar-refractivity contribution in [2.75, 3.05) is 13.6 Å². The monoisotopic (exact) mass is 184 g/mol. The van der Waals surface area contributed by atoms with Crippen LogP contribution in [-0.4, -0.2) is 19.8 Å². The van der Waals surface area contributed by atoms with E-state index in [0.717, 1.165) is 11.8 Å². The van der Waals surface area contributed by atoms with E-state index in [4.69, 9.17) is 0 Å². The first-order valence-electron chi connectivity index (χ1n) is 5.74. The zero-order valence-corrected chi connectivity index (χ0v) is 9.27. The second-order valence-corrected chi connectivity index (χ2v) is 4.13. The number of nitrogens with one attached hydrogen (secondary N) is 2. The predicted molar refractivity (Wildman–Crippen MR) is 57.6 cm³/mol. The van der Waals surface area contributed by atoms with E-state index in [1.165, 1.54) is 32.2 Å². The van der Waals surface area contributed by atoms with Crippen molar-refractivity contribution in [2.24, 2.45) is 11.8 Å². The molecule has 0 aromatic rings. The molecule has 1 aliphatic rings. The highest BCUT2D eigenvalue weighted by molar-refractivity contribution is 4.83. The lowest BCUT2D eigenvalue weighted by molar-refractivity contribution is 0.154. The average molecular weight is 184 g/mol. The van der Waals surface area contributed by atoms with Crippen molar-refractivity contribution in [3.63, 3.8) is 0 Å². The first-order chi connectivity index (χ1) is 6.33. The van der Waals surface area contributed by atoms with E-state index in [0.29, 0.717) is 6.17 Å². The lowest BCUT2D eigenvalue weighted by atomic mass is 9.79. The quantitative estimate of drug-likeness (QED) is 0.698. The molecule has 2 heteroatoms. The minimum absolute atomic E-state index is 0.551. The molecule has 1 saturated heterocycles. The van der Waals surface area contributed by atoms with Crippen molar-refractivity contribution >= 4 is 0 Å². The first-order valence-corrected chi connectivity index (χ1v) is 5.74. The third-order valence-electron chi connectivity index (χ3n) is 3.35. The van der Waals surface area contributed by atoms with E-state index in [1.54, 1.807) is 0 Å². The number of rotatable bonds is 4. The molecule has 0 amide bonds. The number of hydrogen-bond acceptors (Lipinski definition) is 2. The molecule has 0 bridgehead atoms. The smallest absolute Gasteiger partial charge is 0.0600 e. The van der Waals surface area contributed by atoms with E-state index in [9.17, 15) is 0 Å². The fourth-order valence-corrected chi connectivity index (χ4v) is 2.68. The first kappa shape index (κ1) is 11.0. The van der Waals surface area contributed by atoms with Gasteiger partial charge in [0.15, 0.2) is 0 Å². The van der Waals surface area contributed by atoms with Crippen LogP contribution in [0.15, 0.2) is 0 Å². The maximum absolute atomic E-state index is 3.55. The van der Waals surface area contributed by atoms with Gasteiger partial charge in [-0.25, -0.2) is 0 Å². The third-order valence-corrected chi connectivity index (χ3v) is 3.35. The van der Waals surface area contributed by atoms with Crippen LogP contribution in [-0.2, 0) is 0 Å². The van der Waals surface area contributed by atoms with E-state index in [2.05, 4.69) is 31.5 Å². The van der Waals surface area contributed by atoms with Crippen LogP contribution in [0.1, 0.15) is 39.5 Å². The van der Waals surface area contributed by atoms with Crippen LogP contribution in [0.3, 0.4) is 0 Å². The van der Waals surface area contributed by atoms with Crippen LogP contribution in [0.5, 0.6) is 0 Å². The third kappa shape index (κ3) is 2.68. The fraction of sp³-hybridized carbons (Fsp3) is 1.00. The lowest BCUT2D eigenvalue weighted by Crippen LogP contribution is -2.52. The fourth-order valence-electron chi connectivity index (χ4n) is 2.68. The summed E-state index contributed by atoms with van der Waals surface area (Å²) in [6, 6.07) is 0. The highest BCUT2D eigenvalue weighted by Crippen LogP contribution is 2.29. The molecule has 3 unspecified atom stereocenters. The summed E-state index contributed by atoms with van der Waals surface area (Å²) in [5.41, 5.74) is 0. The van der Waals surface area contributed by atoms with Crippen LogP contribution in [0.4, 0.5) is 0 Å². The van der Waals surface area contributed by atoms with Gasteiger partial charge in [0, 0.05) is 0 Å². The molecule has 13 heavy (non-hydrogen) atoms. The molecule has 2 N–H and O–H groups in total. The summed E-state index contributed by atoms with van der Waals surface area (Å²) in [5.74, 6) is 1.77. The van der Waals surface area contributed by atoms with Crippen molar-refractivity contribution in [2.45, 2.75) is 45.7 Å². The van der Waals surface area contributed by atoms with E-state index in [-0.39, 0.29) is 0 Å². The minimum Gasteiger partial charge on any atom is -0.305 e. The lowest BCUT2D eigenvalue weighted by Gasteiger charge is -2.38. The molecule has 2 nitrogen and oxygen atoms in total. The van der Waals surface area contributed by atoms with Crippen molar-refractivity contribution in [3.05, 3.63) is 0 Å². The standard InChI is InChI=1S/C11H24N2/c1-4-6-9-7-8-13-11(12-3)10(9)5-2/h9-13H,4-8H2,1-3H3. The van der Waals surface area contributed by atoms with Gasteiger partial charge in [-0.15, -0.1) is 0 Å². The van der Waals surface area contributed by atoms with Crippen molar-refractivity contribution in [3.8, 4) is 0 Å². The molecule has 1 heterocycles. The highest BCUT2D eigenvalue weighted by atomic mass is 15.1. The van der Waals surface area contributed by atoms with Gasteiger partial charge in [-0.3, -0.25) is 0 Å². The van der Waals surface area contributed by atoms with Crippen LogP contribution in [0.2, 0.25) is 0 Å². The van der Waals surface area contributed by atoms with Gasteiger partial charge in [0.25, 0.3) is 0 Å². The molecular weight excluding hydrogens is 160 g/mol. The molecule has 0 spiro atoms. The Morgan fingerprint density at radius 3 is 2.69 bits per heavy atom. The summed E-state index contributed by atoms with van der Waals surface area (Å²) in [6.07, 6.45) is 5.94. The zero-order chi connectivity index (χ0) is 9.68. The molecular formula is C11H24N2. The van der Waals surface area contributed by atoms with E-state index >= 15 is 0 Å². The molecule has 0 aromatic carbocycles. The minimum atomic E-state index is 0.551. The van der Waals surface area contributed by atoms with Gasteiger partial charge < -0.3 is 10.6 Å².